The van der Waals surface area contributed by atoms with Crippen molar-refractivity contribution in [1.29, 1.82) is 0 Å². The summed E-state index contributed by atoms with van der Waals surface area (Å²) in [7, 11) is 0. The van der Waals surface area contributed by atoms with Crippen LogP contribution in [0.15, 0.2) is 121 Å². The second-order valence-electron chi connectivity index (χ2n) is 4.31. The summed E-state index contributed by atoms with van der Waals surface area (Å²) in [5.41, 5.74) is 0. The third-order valence-corrected chi connectivity index (χ3v) is 2.43. The Labute approximate surface area is 178 Å². The summed E-state index contributed by atoms with van der Waals surface area (Å²) in [6.07, 6.45) is 0. The number of hydrogen-bond acceptors (Lipinski definition) is 0. The van der Waals surface area contributed by atoms with Crippen molar-refractivity contribution in [3.05, 3.63) is 153 Å². The van der Waals surface area contributed by atoms with Crippen LogP contribution in [-0.4, -0.2) is 0 Å². The summed E-state index contributed by atoms with van der Waals surface area (Å²) in [5.74, 6) is 0. The molecule has 0 aliphatic carbocycles. The minimum atomic E-state index is 0. The molecule has 1 heteroatoms. The third-order valence-electron chi connectivity index (χ3n) is 2.43. The van der Waals surface area contributed by atoms with Gasteiger partial charge in [-0.3, -0.25) is 0 Å². The van der Waals surface area contributed by atoms with Crippen LogP contribution < -0.4 is 0 Å². The van der Waals surface area contributed by atoms with Gasteiger partial charge in [0.05, 0.1) is 0 Å². The van der Waals surface area contributed by atoms with Crippen LogP contribution in [0.5, 0.6) is 0 Å². The molecule has 0 nitrogen and oxygen atoms in total. The van der Waals surface area contributed by atoms with E-state index in [0.29, 0.717) is 0 Å². The minimum absolute atomic E-state index is 0. The Bertz CT molecular complexity index is 420. The topological polar surface area (TPSA) is 0 Å². The van der Waals surface area contributed by atoms with Gasteiger partial charge in [0.2, 0.25) is 0 Å². The fourth-order valence-corrected chi connectivity index (χ4v) is 1.37. The Hall–Kier alpha value is -2.24. The van der Waals surface area contributed by atoms with Crippen molar-refractivity contribution in [2.24, 2.45) is 0 Å². The second kappa shape index (κ2) is 22.8. The summed E-state index contributed by atoms with van der Waals surface area (Å²) in [4.78, 5) is 0. The summed E-state index contributed by atoms with van der Waals surface area (Å²) in [5, 5.41) is 0. The molecule has 0 unspecified atom stereocenters. The molecule has 132 valence electrons. The molecule has 4 aromatic carbocycles. The van der Waals surface area contributed by atoms with Crippen molar-refractivity contribution in [2.75, 3.05) is 0 Å². The molecule has 0 heterocycles. The Balaban J connectivity index is 0. The van der Waals surface area contributed by atoms with Gasteiger partial charge in [-0.1, -0.05) is 0 Å². The van der Waals surface area contributed by atoms with Gasteiger partial charge in [-0.2, -0.15) is 146 Å². The van der Waals surface area contributed by atoms with Gasteiger partial charge in [0.1, 0.15) is 0 Å². The van der Waals surface area contributed by atoms with Gasteiger partial charge >= 0.3 is 0 Å². The van der Waals surface area contributed by atoms with Crippen molar-refractivity contribution < 1.29 is 26.2 Å². The molecule has 0 aromatic heterocycles. The molecular weight excluding hydrogens is 391 g/mol. The number of benzene rings is 4. The molecule has 0 N–H and O–H groups in total. The van der Waals surface area contributed by atoms with E-state index in [1.54, 1.807) is 0 Å². The predicted octanol–water partition coefficient (Wildman–Crippen LogP) is 6.39. The zero-order valence-electron chi connectivity index (χ0n) is 15.0. The van der Waals surface area contributed by atoms with E-state index in [-0.39, 0.29) is 33.6 Å². The first-order valence-corrected chi connectivity index (χ1v) is 7.64. The van der Waals surface area contributed by atoms with Crippen molar-refractivity contribution >= 4 is 0 Å². The van der Waals surface area contributed by atoms with E-state index in [9.17, 15) is 0 Å². The molecule has 0 spiro atoms. The van der Waals surface area contributed by atoms with Crippen LogP contribution in [0, 0.1) is 31.7 Å². The average Bonchev–Trinajstić information content (AvgIpc) is 2.75. The SMILES string of the molecule is [CH3-].[Zr].[c-]1ccccc1.[c-]1ccccc1.[c-]1ccccc1.[c-]1ccccc1. The first kappa shape index (κ1) is 26.0. The van der Waals surface area contributed by atoms with Crippen LogP contribution in [0.25, 0.3) is 0 Å². The molecule has 0 saturated heterocycles. The van der Waals surface area contributed by atoms with Gasteiger partial charge in [-0.15, -0.1) is 0 Å². The summed E-state index contributed by atoms with van der Waals surface area (Å²) in [6, 6.07) is 50.0. The van der Waals surface area contributed by atoms with E-state index in [2.05, 4.69) is 24.3 Å². The maximum Gasteiger partial charge on any atom is 0 e. The fourth-order valence-electron chi connectivity index (χ4n) is 1.37. The molecule has 4 aromatic rings. The molecule has 0 fully saturated rings. The maximum atomic E-state index is 2.89. The second-order valence-corrected chi connectivity index (χ2v) is 4.31. The van der Waals surface area contributed by atoms with E-state index < -0.39 is 0 Å². The summed E-state index contributed by atoms with van der Waals surface area (Å²) < 4.78 is 0. The summed E-state index contributed by atoms with van der Waals surface area (Å²) in [6.45, 7) is 0. The van der Waals surface area contributed by atoms with Crippen LogP contribution in [0.1, 0.15) is 0 Å². The molecule has 0 aliphatic heterocycles. The van der Waals surface area contributed by atoms with E-state index in [1.165, 1.54) is 0 Å². The Morgan fingerprint density at radius 2 is 0.423 bits per heavy atom. The number of hydrogen-bond donors (Lipinski definition) is 0. The Morgan fingerprint density at radius 3 is 0.462 bits per heavy atom. The van der Waals surface area contributed by atoms with Crippen molar-refractivity contribution in [2.45, 2.75) is 0 Å². The van der Waals surface area contributed by atoms with Gasteiger partial charge in [-0.25, -0.2) is 0 Å². The predicted molar refractivity (Wildman–Crippen MR) is 108 cm³/mol. The molecule has 26 heavy (non-hydrogen) atoms. The zero-order chi connectivity index (χ0) is 17.0. The molecule has 0 radical (unpaired) electrons. The smallest absolute Gasteiger partial charge is 0 e. The maximum absolute atomic E-state index is 2.89. The van der Waals surface area contributed by atoms with E-state index in [0.717, 1.165) is 0 Å². The van der Waals surface area contributed by atoms with Crippen LogP contribution in [0.3, 0.4) is 0 Å². The monoisotopic (exact) mass is 413 g/mol. The van der Waals surface area contributed by atoms with Crippen molar-refractivity contribution in [3.63, 3.8) is 0 Å². The largest absolute Gasteiger partial charge is 0.358 e. The molecule has 0 saturated carbocycles. The molecule has 0 amide bonds. The van der Waals surface area contributed by atoms with Gasteiger partial charge < -0.3 is 7.43 Å². The average molecular weight is 415 g/mol. The molecular formula is C25H23Zr-5. The van der Waals surface area contributed by atoms with Gasteiger partial charge in [-0.05, 0) is 0 Å². The van der Waals surface area contributed by atoms with Crippen LogP contribution >= 0.6 is 0 Å². The first-order valence-electron chi connectivity index (χ1n) is 7.64. The van der Waals surface area contributed by atoms with Crippen LogP contribution in [0.4, 0.5) is 0 Å². The van der Waals surface area contributed by atoms with Gasteiger partial charge in [0.15, 0.2) is 0 Å². The Kier molecular flexibility index (Phi) is 22.8. The molecule has 4 rings (SSSR count). The van der Waals surface area contributed by atoms with E-state index >= 15 is 0 Å². The quantitative estimate of drug-likeness (QED) is 0.292. The van der Waals surface area contributed by atoms with Crippen molar-refractivity contribution in [1.82, 2.24) is 0 Å². The van der Waals surface area contributed by atoms with Gasteiger partial charge in [0, 0.05) is 26.2 Å². The molecule has 0 atom stereocenters. The Morgan fingerprint density at radius 1 is 0.269 bits per heavy atom. The third kappa shape index (κ3) is 19.8. The first-order chi connectivity index (χ1) is 12.0. The minimum Gasteiger partial charge on any atom is -0.358 e. The molecule has 0 aliphatic rings. The fraction of sp³-hybridized carbons (Fsp3) is 0. The summed E-state index contributed by atoms with van der Waals surface area (Å²) >= 11 is 0. The normalized spacial score (nSPS) is 7.38. The van der Waals surface area contributed by atoms with Crippen LogP contribution in [-0.2, 0) is 26.2 Å². The van der Waals surface area contributed by atoms with E-state index in [4.69, 9.17) is 0 Å². The van der Waals surface area contributed by atoms with Crippen LogP contribution in [0.2, 0.25) is 0 Å². The van der Waals surface area contributed by atoms with Gasteiger partial charge in [0.25, 0.3) is 0 Å². The molecule has 0 bridgehead atoms. The number of rotatable bonds is 0. The van der Waals surface area contributed by atoms with Crippen molar-refractivity contribution in [3.8, 4) is 0 Å². The zero-order valence-corrected chi connectivity index (χ0v) is 17.5. The van der Waals surface area contributed by atoms with E-state index in [1.807, 2.05) is 121 Å². The standard InChI is InChI=1S/4C6H5.CH3.Zr/c4*1-2-4-6-5-3-1;;/h4*1-5H;1H3;/q5*-1;.